The molecule has 2 N–H and O–H groups in total. The number of hydrogen-bond donors (Lipinski definition) is 2. The molecular weight excluding hydrogens is 256 g/mol. The zero-order chi connectivity index (χ0) is 14.5. The van der Waals surface area contributed by atoms with Crippen LogP contribution in [-0.2, 0) is 11.2 Å². The van der Waals surface area contributed by atoms with Crippen molar-refractivity contribution in [3.8, 4) is 17.0 Å². The van der Waals surface area contributed by atoms with E-state index in [1.165, 1.54) is 0 Å². The molecule has 0 radical (unpaired) electrons. The lowest BCUT2D eigenvalue weighted by atomic mass is 10.1. The maximum Gasteiger partial charge on any atom is 0.262 e. The van der Waals surface area contributed by atoms with Gasteiger partial charge in [0.25, 0.3) is 5.56 Å². The van der Waals surface area contributed by atoms with Gasteiger partial charge in [-0.05, 0) is 18.9 Å². The quantitative estimate of drug-likeness (QED) is 0.818. The third-order valence-electron chi connectivity index (χ3n) is 3.02. The Kier molecular flexibility index (Phi) is 4.53. The van der Waals surface area contributed by atoms with Gasteiger partial charge in [-0.25, -0.2) is 0 Å². The highest BCUT2D eigenvalue weighted by Gasteiger charge is 2.12. The number of nitrogens with zero attached hydrogens (tertiary/aromatic N) is 1. The van der Waals surface area contributed by atoms with E-state index in [2.05, 4.69) is 9.97 Å². The van der Waals surface area contributed by atoms with Gasteiger partial charge < -0.3 is 14.8 Å². The molecular formula is C15H18N2O3. The first-order valence-corrected chi connectivity index (χ1v) is 6.50. The smallest absolute Gasteiger partial charge is 0.262 e. The molecule has 1 aromatic heterocycles. The number of aromatic nitrogens is 2. The summed E-state index contributed by atoms with van der Waals surface area (Å²) in [5, 5.41) is 10.0. The highest BCUT2D eigenvalue weighted by atomic mass is 16.5. The first-order valence-electron chi connectivity index (χ1n) is 6.50. The van der Waals surface area contributed by atoms with Crippen molar-refractivity contribution in [3.05, 3.63) is 46.0 Å². The van der Waals surface area contributed by atoms with Crippen LogP contribution in [0.3, 0.4) is 0 Å². The van der Waals surface area contributed by atoms with Crippen LogP contribution in [0, 0.1) is 6.92 Å². The molecule has 0 bridgehead atoms. The van der Waals surface area contributed by atoms with E-state index in [0.717, 1.165) is 12.0 Å². The number of aromatic amines is 1. The minimum absolute atomic E-state index is 0.212. The number of nitrogens with one attached hydrogen (secondary N) is 1. The van der Waals surface area contributed by atoms with Crippen LogP contribution in [0.25, 0.3) is 11.1 Å². The van der Waals surface area contributed by atoms with Gasteiger partial charge in [-0.3, -0.25) is 4.79 Å². The van der Waals surface area contributed by atoms with Gasteiger partial charge in [0, 0.05) is 20.1 Å². The van der Waals surface area contributed by atoms with E-state index < -0.39 is 0 Å². The Morgan fingerprint density at radius 2 is 2.20 bits per heavy atom. The second-order valence-electron chi connectivity index (χ2n) is 4.68. The predicted octanol–water partition coefficient (Wildman–Crippen LogP) is 2.03. The molecule has 0 aliphatic carbocycles. The second kappa shape index (κ2) is 6.34. The molecule has 0 unspecified atom stereocenters. The third kappa shape index (κ3) is 3.24. The van der Waals surface area contributed by atoms with E-state index in [9.17, 15) is 9.90 Å². The number of ether oxygens (including phenoxy) is 1. The molecule has 20 heavy (non-hydrogen) atoms. The van der Waals surface area contributed by atoms with E-state index >= 15 is 0 Å². The van der Waals surface area contributed by atoms with E-state index in [-0.39, 0.29) is 17.0 Å². The summed E-state index contributed by atoms with van der Waals surface area (Å²) < 4.78 is 4.95. The number of rotatable bonds is 5. The molecule has 0 aliphatic heterocycles. The monoisotopic (exact) mass is 274 g/mol. The van der Waals surface area contributed by atoms with Crippen LogP contribution >= 0.6 is 0 Å². The minimum atomic E-state index is -0.324. The van der Waals surface area contributed by atoms with E-state index in [4.69, 9.17) is 4.74 Å². The Morgan fingerprint density at radius 1 is 1.40 bits per heavy atom. The van der Waals surface area contributed by atoms with Gasteiger partial charge >= 0.3 is 0 Å². The molecule has 0 atom stereocenters. The van der Waals surface area contributed by atoms with Crippen LogP contribution in [-0.4, -0.2) is 28.8 Å². The lowest BCUT2D eigenvalue weighted by Crippen LogP contribution is -2.14. The molecule has 0 amide bonds. The van der Waals surface area contributed by atoms with Gasteiger partial charge in [-0.15, -0.1) is 0 Å². The van der Waals surface area contributed by atoms with Crippen molar-refractivity contribution >= 4 is 0 Å². The second-order valence-corrected chi connectivity index (χ2v) is 4.68. The fourth-order valence-corrected chi connectivity index (χ4v) is 2.07. The number of aromatic hydroxyl groups is 1. The number of aryl methyl sites for hydroxylation is 2. The van der Waals surface area contributed by atoms with Crippen LogP contribution in [0.5, 0.6) is 5.88 Å². The van der Waals surface area contributed by atoms with Crippen LogP contribution < -0.4 is 5.56 Å². The van der Waals surface area contributed by atoms with Crippen LogP contribution in [0.15, 0.2) is 29.1 Å². The number of benzene rings is 1. The lowest BCUT2D eigenvalue weighted by molar-refractivity contribution is 0.194. The molecule has 0 saturated carbocycles. The van der Waals surface area contributed by atoms with Crippen molar-refractivity contribution in [2.45, 2.75) is 19.8 Å². The van der Waals surface area contributed by atoms with Crippen molar-refractivity contribution in [1.29, 1.82) is 0 Å². The minimum Gasteiger partial charge on any atom is -0.493 e. The predicted molar refractivity (Wildman–Crippen MR) is 76.9 cm³/mol. The zero-order valence-electron chi connectivity index (χ0n) is 11.6. The average Bonchev–Trinajstić information content (AvgIpc) is 2.38. The zero-order valence-corrected chi connectivity index (χ0v) is 11.6. The Balaban J connectivity index is 2.34. The molecule has 5 nitrogen and oxygen atoms in total. The SMILES string of the molecule is COCCCc1nc(O)c(-c2cccc(C)c2)c(=O)[nH]1. The standard InChI is InChI=1S/C15H18N2O3/c1-10-5-3-6-11(9-10)13-14(18)16-12(17-15(13)19)7-4-8-20-2/h3,5-6,9H,4,7-8H2,1-2H3,(H2,16,17,18,19). The number of hydrogen-bond acceptors (Lipinski definition) is 4. The van der Waals surface area contributed by atoms with E-state index in [1.807, 2.05) is 25.1 Å². The van der Waals surface area contributed by atoms with Crippen LogP contribution in [0.2, 0.25) is 0 Å². The summed E-state index contributed by atoms with van der Waals surface area (Å²) >= 11 is 0. The lowest BCUT2D eigenvalue weighted by Gasteiger charge is -2.06. The molecule has 0 spiro atoms. The Hall–Kier alpha value is -2.14. The normalized spacial score (nSPS) is 10.7. The van der Waals surface area contributed by atoms with Crippen molar-refractivity contribution in [2.24, 2.45) is 0 Å². The van der Waals surface area contributed by atoms with Crippen molar-refractivity contribution < 1.29 is 9.84 Å². The van der Waals surface area contributed by atoms with E-state index in [1.54, 1.807) is 13.2 Å². The summed E-state index contributed by atoms with van der Waals surface area (Å²) in [5.74, 6) is 0.243. The van der Waals surface area contributed by atoms with Gasteiger partial charge in [-0.2, -0.15) is 4.98 Å². The summed E-state index contributed by atoms with van der Waals surface area (Å²) in [5.41, 5.74) is 1.57. The van der Waals surface area contributed by atoms with Crippen LogP contribution in [0.1, 0.15) is 17.8 Å². The topological polar surface area (TPSA) is 75.2 Å². The van der Waals surface area contributed by atoms with Crippen LogP contribution in [0.4, 0.5) is 0 Å². The molecule has 1 aromatic carbocycles. The molecule has 0 saturated heterocycles. The van der Waals surface area contributed by atoms with Gasteiger partial charge in [0.2, 0.25) is 5.88 Å². The van der Waals surface area contributed by atoms with Gasteiger partial charge in [0.05, 0.1) is 0 Å². The number of methoxy groups -OCH3 is 1. The van der Waals surface area contributed by atoms with Gasteiger partial charge in [0.15, 0.2) is 0 Å². The Bertz CT molecular complexity index is 650. The molecule has 1 heterocycles. The Morgan fingerprint density at radius 3 is 2.85 bits per heavy atom. The molecule has 106 valence electrons. The molecule has 0 fully saturated rings. The molecule has 2 rings (SSSR count). The summed E-state index contributed by atoms with van der Waals surface area (Å²) in [6.45, 7) is 2.52. The average molecular weight is 274 g/mol. The van der Waals surface area contributed by atoms with Gasteiger partial charge in [-0.1, -0.05) is 29.8 Å². The maximum atomic E-state index is 12.1. The molecule has 2 aromatic rings. The van der Waals surface area contributed by atoms with Gasteiger partial charge in [0.1, 0.15) is 11.4 Å². The highest BCUT2D eigenvalue weighted by molar-refractivity contribution is 5.67. The highest BCUT2D eigenvalue weighted by Crippen LogP contribution is 2.24. The summed E-state index contributed by atoms with van der Waals surface area (Å²) in [4.78, 5) is 18.9. The fraction of sp³-hybridized carbons (Fsp3) is 0.333. The Labute approximate surface area is 117 Å². The van der Waals surface area contributed by atoms with Crippen molar-refractivity contribution in [2.75, 3.05) is 13.7 Å². The summed E-state index contributed by atoms with van der Waals surface area (Å²) in [6.07, 6.45) is 1.30. The maximum absolute atomic E-state index is 12.1. The third-order valence-corrected chi connectivity index (χ3v) is 3.02. The van der Waals surface area contributed by atoms with E-state index in [0.29, 0.717) is 24.4 Å². The molecule has 5 heteroatoms. The molecule has 0 aliphatic rings. The number of H-pyrrole nitrogens is 1. The van der Waals surface area contributed by atoms with Crippen molar-refractivity contribution in [3.63, 3.8) is 0 Å². The summed E-state index contributed by atoms with van der Waals surface area (Å²) in [7, 11) is 1.62. The summed E-state index contributed by atoms with van der Waals surface area (Å²) in [6, 6.07) is 7.40. The van der Waals surface area contributed by atoms with Crippen molar-refractivity contribution in [1.82, 2.24) is 9.97 Å². The largest absolute Gasteiger partial charge is 0.493 e. The first kappa shape index (κ1) is 14.3. The fourth-order valence-electron chi connectivity index (χ4n) is 2.07. The first-order chi connectivity index (χ1) is 9.61.